The molecule has 0 bridgehead atoms. The third-order valence-electron chi connectivity index (χ3n) is 2.96. The molecule has 1 aromatic heterocycles. The van der Waals surface area contributed by atoms with E-state index in [0.29, 0.717) is 6.42 Å². The number of nitrogens with two attached hydrogens (primary N) is 1. The second-order valence-electron chi connectivity index (χ2n) is 4.50. The van der Waals surface area contributed by atoms with Crippen molar-refractivity contribution in [3.8, 4) is 0 Å². The van der Waals surface area contributed by atoms with Gasteiger partial charge in [0.2, 0.25) is 0 Å². The van der Waals surface area contributed by atoms with Gasteiger partial charge < -0.3 is 10.2 Å². The van der Waals surface area contributed by atoms with Crippen LogP contribution in [0.3, 0.4) is 0 Å². The van der Waals surface area contributed by atoms with E-state index >= 15 is 0 Å². The predicted molar refractivity (Wildman–Crippen MR) is 68.8 cm³/mol. The molecule has 0 saturated carbocycles. The lowest BCUT2D eigenvalue weighted by molar-refractivity contribution is -0.120. The number of hydrogen-bond acceptors (Lipinski definition) is 3. The second-order valence-corrected chi connectivity index (χ2v) is 4.50. The number of carbonyl (C=O) groups is 1. The van der Waals surface area contributed by atoms with E-state index in [1.165, 1.54) is 0 Å². The summed E-state index contributed by atoms with van der Waals surface area (Å²) in [6.07, 6.45) is 8.04. The first-order valence-electron chi connectivity index (χ1n) is 6.54. The molecule has 1 rings (SSSR count). The summed E-state index contributed by atoms with van der Waals surface area (Å²) in [4.78, 5) is 11.7. The maximum absolute atomic E-state index is 11.7. The van der Waals surface area contributed by atoms with Crippen molar-refractivity contribution in [3.05, 3.63) is 24.2 Å². The van der Waals surface area contributed by atoms with Gasteiger partial charge in [-0.25, -0.2) is 0 Å². The summed E-state index contributed by atoms with van der Waals surface area (Å²) in [5, 5.41) is 0. The van der Waals surface area contributed by atoms with Gasteiger partial charge in [0.25, 0.3) is 0 Å². The largest absolute Gasteiger partial charge is 0.469 e. The Bertz CT molecular complexity index is 306. The highest BCUT2D eigenvalue weighted by Gasteiger charge is 2.11. The Balaban J connectivity index is 2.07. The minimum Gasteiger partial charge on any atom is -0.469 e. The number of rotatable bonds is 9. The number of unbranched alkanes of at least 4 members (excludes halogenated alkanes) is 2. The molecule has 0 radical (unpaired) electrons. The van der Waals surface area contributed by atoms with Crippen LogP contribution in [-0.2, 0) is 11.2 Å². The first-order valence-corrected chi connectivity index (χ1v) is 6.54. The van der Waals surface area contributed by atoms with Gasteiger partial charge in [0.05, 0.1) is 12.3 Å². The molecule has 0 spiro atoms. The molecule has 0 aliphatic rings. The van der Waals surface area contributed by atoms with Crippen LogP contribution >= 0.6 is 0 Å². The Kier molecular flexibility index (Phi) is 6.63. The molecule has 1 atom stereocenters. The number of Topliss-reactive ketones (excluding diaryl/α,β-unsaturated/α-hetero) is 1. The topological polar surface area (TPSA) is 56.2 Å². The van der Waals surface area contributed by atoms with Gasteiger partial charge in [-0.05, 0) is 31.4 Å². The highest BCUT2D eigenvalue weighted by molar-refractivity contribution is 5.83. The fourth-order valence-corrected chi connectivity index (χ4v) is 1.82. The summed E-state index contributed by atoms with van der Waals surface area (Å²) in [5.74, 6) is 1.20. The minimum atomic E-state index is -0.251. The molecule has 1 aromatic rings. The molecule has 0 aromatic carbocycles. The van der Waals surface area contributed by atoms with Crippen LogP contribution in [0.5, 0.6) is 0 Å². The molecular formula is C14H23NO2. The smallest absolute Gasteiger partial charge is 0.149 e. The van der Waals surface area contributed by atoms with Gasteiger partial charge in [0, 0.05) is 12.8 Å². The summed E-state index contributed by atoms with van der Waals surface area (Å²) in [5.41, 5.74) is 5.81. The van der Waals surface area contributed by atoms with E-state index in [0.717, 1.165) is 44.3 Å². The maximum atomic E-state index is 11.7. The van der Waals surface area contributed by atoms with E-state index in [9.17, 15) is 4.79 Å². The lowest BCUT2D eigenvalue weighted by Crippen LogP contribution is -2.30. The minimum absolute atomic E-state index is 0.206. The first-order chi connectivity index (χ1) is 8.24. The third-order valence-corrected chi connectivity index (χ3v) is 2.96. The summed E-state index contributed by atoms with van der Waals surface area (Å²) in [6, 6.07) is 3.61. The van der Waals surface area contributed by atoms with E-state index in [2.05, 4.69) is 6.92 Å². The molecule has 0 fully saturated rings. The Labute approximate surface area is 103 Å². The highest BCUT2D eigenvalue weighted by Crippen LogP contribution is 2.09. The Morgan fingerprint density at radius 1 is 1.41 bits per heavy atom. The fourth-order valence-electron chi connectivity index (χ4n) is 1.82. The molecule has 0 amide bonds. The molecule has 96 valence electrons. The zero-order chi connectivity index (χ0) is 12.5. The van der Waals surface area contributed by atoms with E-state index in [1.807, 2.05) is 12.1 Å². The van der Waals surface area contributed by atoms with Gasteiger partial charge in [-0.15, -0.1) is 0 Å². The molecule has 0 aliphatic heterocycles. The van der Waals surface area contributed by atoms with Crippen LogP contribution in [0.15, 0.2) is 22.8 Å². The van der Waals surface area contributed by atoms with Crippen molar-refractivity contribution in [3.63, 3.8) is 0 Å². The molecular weight excluding hydrogens is 214 g/mol. The van der Waals surface area contributed by atoms with Crippen LogP contribution in [0.2, 0.25) is 0 Å². The molecule has 2 N–H and O–H groups in total. The van der Waals surface area contributed by atoms with Crippen LogP contribution in [0.1, 0.15) is 51.2 Å². The van der Waals surface area contributed by atoms with Gasteiger partial charge in [0.1, 0.15) is 11.5 Å². The van der Waals surface area contributed by atoms with Crippen molar-refractivity contribution in [1.29, 1.82) is 0 Å². The van der Waals surface area contributed by atoms with Gasteiger partial charge in [-0.3, -0.25) is 4.79 Å². The van der Waals surface area contributed by atoms with E-state index in [1.54, 1.807) is 6.26 Å². The SMILES string of the molecule is CCCC[C@H](N)C(=O)CCCCc1ccco1. The summed E-state index contributed by atoms with van der Waals surface area (Å²) in [6.45, 7) is 2.11. The van der Waals surface area contributed by atoms with Crippen molar-refractivity contribution in [2.24, 2.45) is 5.73 Å². The summed E-state index contributed by atoms with van der Waals surface area (Å²) >= 11 is 0. The van der Waals surface area contributed by atoms with Crippen molar-refractivity contribution in [2.75, 3.05) is 0 Å². The average Bonchev–Trinajstić information content (AvgIpc) is 2.84. The van der Waals surface area contributed by atoms with Gasteiger partial charge in [-0.1, -0.05) is 19.8 Å². The number of hydrogen-bond donors (Lipinski definition) is 1. The molecule has 17 heavy (non-hydrogen) atoms. The van der Waals surface area contributed by atoms with Crippen molar-refractivity contribution in [2.45, 2.75) is 57.9 Å². The quantitative estimate of drug-likeness (QED) is 0.671. The average molecular weight is 237 g/mol. The van der Waals surface area contributed by atoms with Crippen LogP contribution in [-0.4, -0.2) is 11.8 Å². The van der Waals surface area contributed by atoms with Crippen LogP contribution in [0, 0.1) is 0 Å². The van der Waals surface area contributed by atoms with E-state index in [4.69, 9.17) is 10.2 Å². The molecule has 0 aliphatic carbocycles. The Morgan fingerprint density at radius 2 is 2.24 bits per heavy atom. The zero-order valence-corrected chi connectivity index (χ0v) is 10.7. The second kappa shape index (κ2) is 8.07. The first kappa shape index (κ1) is 14.0. The molecule has 1 heterocycles. The van der Waals surface area contributed by atoms with Crippen LogP contribution in [0.4, 0.5) is 0 Å². The van der Waals surface area contributed by atoms with Crippen molar-refractivity contribution >= 4 is 5.78 Å². The normalized spacial score (nSPS) is 12.6. The molecule has 0 saturated heterocycles. The fraction of sp³-hybridized carbons (Fsp3) is 0.643. The summed E-state index contributed by atoms with van der Waals surface area (Å²) in [7, 11) is 0. The maximum Gasteiger partial charge on any atom is 0.149 e. The van der Waals surface area contributed by atoms with Crippen molar-refractivity contribution < 1.29 is 9.21 Å². The van der Waals surface area contributed by atoms with Crippen molar-refractivity contribution in [1.82, 2.24) is 0 Å². The van der Waals surface area contributed by atoms with Crippen LogP contribution < -0.4 is 5.73 Å². The number of carbonyl (C=O) groups excluding carboxylic acids is 1. The summed E-state index contributed by atoms with van der Waals surface area (Å²) < 4.78 is 5.23. The number of ketones is 1. The van der Waals surface area contributed by atoms with Gasteiger partial charge in [-0.2, -0.15) is 0 Å². The zero-order valence-electron chi connectivity index (χ0n) is 10.7. The van der Waals surface area contributed by atoms with E-state index in [-0.39, 0.29) is 11.8 Å². The standard InChI is InChI=1S/C14H23NO2/c1-2-3-9-13(15)14(16)10-5-4-7-12-8-6-11-17-12/h6,8,11,13H,2-5,7,9-10,15H2,1H3/t13-/m0/s1. The Hall–Kier alpha value is -1.09. The van der Waals surface area contributed by atoms with Gasteiger partial charge in [0.15, 0.2) is 0 Å². The third kappa shape index (κ3) is 5.68. The monoisotopic (exact) mass is 237 g/mol. The number of aryl methyl sites for hydroxylation is 1. The van der Waals surface area contributed by atoms with Crippen LogP contribution in [0.25, 0.3) is 0 Å². The molecule has 3 heteroatoms. The molecule has 0 unspecified atom stereocenters. The Morgan fingerprint density at radius 3 is 2.88 bits per heavy atom. The predicted octanol–water partition coefficient (Wildman–Crippen LogP) is 3.08. The highest BCUT2D eigenvalue weighted by atomic mass is 16.3. The van der Waals surface area contributed by atoms with E-state index < -0.39 is 0 Å². The lowest BCUT2D eigenvalue weighted by atomic mass is 10.0. The van der Waals surface area contributed by atoms with Gasteiger partial charge >= 0.3 is 0 Å². The molecule has 3 nitrogen and oxygen atoms in total. The number of furan rings is 1. The lowest BCUT2D eigenvalue weighted by Gasteiger charge is -2.09.